The minimum Gasteiger partial charge on any atom is -0.462 e. The van der Waals surface area contributed by atoms with Gasteiger partial charge >= 0.3 is 23.9 Å². The van der Waals surface area contributed by atoms with E-state index in [1.165, 1.54) is 11.1 Å². The van der Waals surface area contributed by atoms with Gasteiger partial charge in [0, 0.05) is 12.8 Å². The van der Waals surface area contributed by atoms with E-state index >= 15 is 0 Å². The Morgan fingerprint density at radius 3 is 1.37 bits per heavy atom. The van der Waals surface area contributed by atoms with Gasteiger partial charge in [0.15, 0.2) is 0 Å². The highest BCUT2D eigenvalue weighted by molar-refractivity contribution is 5.77. The normalized spacial score (nSPS) is 19.4. The summed E-state index contributed by atoms with van der Waals surface area (Å²) in [6.07, 6.45) is 14.6. The first kappa shape index (κ1) is 43.7. The van der Waals surface area contributed by atoms with Gasteiger partial charge in [-0.1, -0.05) is 95.0 Å². The van der Waals surface area contributed by atoms with E-state index < -0.39 is 0 Å². The second kappa shape index (κ2) is 23.1. The molecule has 57 heavy (non-hydrogen) atoms. The van der Waals surface area contributed by atoms with E-state index in [1.54, 1.807) is 12.1 Å². The second-order valence-corrected chi connectivity index (χ2v) is 16.1. The van der Waals surface area contributed by atoms with Crippen molar-refractivity contribution >= 4 is 23.9 Å². The molecule has 0 N–H and O–H groups in total. The molecule has 0 spiro atoms. The number of hydrogen-bond acceptors (Lipinski definition) is 8. The summed E-state index contributed by atoms with van der Waals surface area (Å²) in [6.45, 7) is 6.47. The van der Waals surface area contributed by atoms with Gasteiger partial charge in [-0.3, -0.25) is 19.2 Å². The summed E-state index contributed by atoms with van der Waals surface area (Å²) >= 11 is 0. The number of unbranched alkanes of at least 4 members (excludes halogenated alkanes) is 2. The van der Waals surface area contributed by atoms with Crippen molar-refractivity contribution in [2.75, 3.05) is 0 Å². The van der Waals surface area contributed by atoms with Gasteiger partial charge in [0.1, 0.15) is 23.7 Å². The smallest absolute Gasteiger partial charge is 0.314 e. The fourth-order valence-corrected chi connectivity index (χ4v) is 8.01. The zero-order chi connectivity index (χ0) is 40.4. The first-order chi connectivity index (χ1) is 27.7. The molecule has 2 saturated carbocycles. The van der Waals surface area contributed by atoms with Crippen LogP contribution in [0.4, 0.5) is 0 Å². The maximum atomic E-state index is 13.4. The molecule has 8 nitrogen and oxygen atoms in total. The molecule has 0 saturated heterocycles. The maximum absolute atomic E-state index is 13.4. The van der Waals surface area contributed by atoms with Crippen LogP contribution < -0.4 is 9.47 Å². The van der Waals surface area contributed by atoms with Crippen molar-refractivity contribution in [3.63, 3.8) is 0 Å². The molecule has 3 aromatic rings. The number of carbonyl (C=O) groups is 4. The fraction of sp³-hybridized carbons (Fsp3) is 0.551. The average Bonchev–Trinajstić information content (AvgIpc) is 3.22. The monoisotopic (exact) mass is 780 g/mol. The Morgan fingerprint density at radius 2 is 0.930 bits per heavy atom. The van der Waals surface area contributed by atoms with Gasteiger partial charge in [-0.05, 0) is 136 Å². The molecule has 0 aliphatic heterocycles. The first-order valence-electron chi connectivity index (χ1n) is 21.8. The lowest BCUT2D eigenvalue weighted by atomic mass is 9.87. The standard InChI is InChI=1S/C49H64O8/c1-4-7-8-11-41-34-44(56-48(52)39-22-26-42(27-23-39)54-46(50)32-20-37-16-12-35(9-5-2)13-17-37)30-31-45(41)57-49(53)40-24-28-43(29-25-40)55-47(51)33-21-38-18-14-36(10-6-3)15-19-38/h12-19,30-31,34,39-40,42-43H,4-11,20-29,32-33H2,1-3H3. The van der Waals surface area contributed by atoms with E-state index in [-0.39, 0.29) is 47.9 Å². The molecule has 2 aliphatic rings. The Hall–Kier alpha value is -4.46. The lowest BCUT2D eigenvalue weighted by molar-refractivity contribution is -0.153. The number of carbonyl (C=O) groups excluding carboxylic acids is 4. The minimum absolute atomic E-state index is 0.179. The van der Waals surface area contributed by atoms with Crippen LogP contribution in [0.1, 0.15) is 145 Å². The number of rotatable bonds is 20. The SMILES string of the molecule is CCCCCc1cc(OC(=O)C2CCC(OC(=O)CCc3ccc(CCC)cc3)CC2)ccc1OC(=O)C1CCC(OC(=O)CCc2ccc(CCC)cc2)CC1. The van der Waals surface area contributed by atoms with Gasteiger partial charge < -0.3 is 18.9 Å². The summed E-state index contributed by atoms with van der Waals surface area (Å²) < 4.78 is 23.4. The number of hydrogen-bond donors (Lipinski definition) is 0. The number of ether oxygens (including phenoxy) is 4. The van der Waals surface area contributed by atoms with Crippen molar-refractivity contribution in [1.82, 2.24) is 0 Å². The average molecular weight is 781 g/mol. The topological polar surface area (TPSA) is 105 Å². The summed E-state index contributed by atoms with van der Waals surface area (Å²) in [5.74, 6) is -0.527. The van der Waals surface area contributed by atoms with Crippen LogP contribution in [-0.4, -0.2) is 36.1 Å². The number of benzene rings is 3. The van der Waals surface area contributed by atoms with E-state index in [1.807, 2.05) is 6.07 Å². The summed E-state index contributed by atoms with van der Waals surface area (Å²) in [6, 6.07) is 22.2. The highest BCUT2D eigenvalue weighted by Gasteiger charge is 2.31. The van der Waals surface area contributed by atoms with Crippen LogP contribution in [0.15, 0.2) is 66.7 Å². The zero-order valence-corrected chi connectivity index (χ0v) is 34.6. The molecule has 0 amide bonds. The zero-order valence-electron chi connectivity index (χ0n) is 34.6. The molecule has 3 aromatic carbocycles. The van der Waals surface area contributed by atoms with Gasteiger partial charge in [-0.2, -0.15) is 0 Å². The predicted octanol–water partition coefficient (Wildman–Crippen LogP) is 10.6. The molecule has 0 heterocycles. The Labute approximate surface area is 340 Å². The Bertz CT molecular complexity index is 1710. The molecular weight excluding hydrogens is 717 g/mol. The highest BCUT2D eigenvalue weighted by atomic mass is 16.6. The quantitative estimate of drug-likeness (QED) is 0.0634. The van der Waals surface area contributed by atoms with Crippen molar-refractivity contribution in [2.45, 2.75) is 161 Å². The molecule has 0 bridgehead atoms. The molecule has 2 fully saturated rings. The summed E-state index contributed by atoms with van der Waals surface area (Å²) in [7, 11) is 0. The third-order valence-electron chi connectivity index (χ3n) is 11.5. The predicted molar refractivity (Wildman–Crippen MR) is 222 cm³/mol. The molecule has 0 atom stereocenters. The van der Waals surface area contributed by atoms with E-state index in [4.69, 9.17) is 18.9 Å². The van der Waals surface area contributed by atoms with E-state index in [0.29, 0.717) is 95.0 Å². The first-order valence-corrected chi connectivity index (χ1v) is 21.8. The summed E-state index contributed by atoms with van der Waals surface area (Å²) in [5.41, 5.74) is 5.73. The summed E-state index contributed by atoms with van der Waals surface area (Å²) in [5, 5.41) is 0. The van der Waals surface area contributed by atoms with Gasteiger partial charge in [-0.25, -0.2) is 0 Å². The third kappa shape index (κ3) is 14.5. The molecule has 0 unspecified atom stereocenters. The Balaban J connectivity index is 1.04. The largest absolute Gasteiger partial charge is 0.462 e. The molecule has 2 aliphatic carbocycles. The fourth-order valence-electron chi connectivity index (χ4n) is 8.01. The molecule has 0 aromatic heterocycles. The van der Waals surface area contributed by atoms with Crippen LogP contribution in [0.2, 0.25) is 0 Å². The molecule has 0 radical (unpaired) electrons. The maximum Gasteiger partial charge on any atom is 0.314 e. The van der Waals surface area contributed by atoms with Crippen molar-refractivity contribution < 1.29 is 38.1 Å². The van der Waals surface area contributed by atoms with Gasteiger partial charge in [0.2, 0.25) is 0 Å². The Kier molecular flexibility index (Phi) is 17.7. The summed E-state index contributed by atoms with van der Waals surface area (Å²) in [4.78, 5) is 51.8. The number of aryl methyl sites for hydroxylation is 5. The Morgan fingerprint density at radius 1 is 0.491 bits per heavy atom. The van der Waals surface area contributed by atoms with Crippen LogP contribution in [0.3, 0.4) is 0 Å². The molecular formula is C49H64O8. The molecule has 308 valence electrons. The minimum atomic E-state index is -0.283. The molecule has 8 heteroatoms. The van der Waals surface area contributed by atoms with Crippen LogP contribution in [-0.2, 0) is 60.8 Å². The third-order valence-corrected chi connectivity index (χ3v) is 11.5. The van der Waals surface area contributed by atoms with Crippen LogP contribution >= 0.6 is 0 Å². The lowest BCUT2D eigenvalue weighted by Crippen LogP contribution is -2.30. The van der Waals surface area contributed by atoms with E-state index in [0.717, 1.165) is 61.6 Å². The highest BCUT2D eigenvalue weighted by Crippen LogP contribution is 2.33. The van der Waals surface area contributed by atoms with E-state index in [9.17, 15) is 19.2 Å². The van der Waals surface area contributed by atoms with Crippen LogP contribution in [0.5, 0.6) is 11.5 Å². The lowest BCUT2D eigenvalue weighted by Gasteiger charge is -2.27. The molecule has 5 rings (SSSR count). The van der Waals surface area contributed by atoms with Crippen molar-refractivity contribution in [2.24, 2.45) is 11.8 Å². The van der Waals surface area contributed by atoms with Gasteiger partial charge in [0.25, 0.3) is 0 Å². The van der Waals surface area contributed by atoms with Gasteiger partial charge in [-0.15, -0.1) is 0 Å². The van der Waals surface area contributed by atoms with Gasteiger partial charge in [0.05, 0.1) is 11.8 Å². The van der Waals surface area contributed by atoms with Crippen molar-refractivity contribution in [3.8, 4) is 11.5 Å². The van der Waals surface area contributed by atoms with E-state index in [2.05, 4.69) is 69.3 Å². The number of esters is 4. The van der Waals surface area contributed by atoms with Crippen LogP contribution in [0, 0.1) is 11.8 Å². The second-order valence-electron chi connectivity index (χ2n) is 16.1. The van der Waals surface area contributed by atoms with Crippen molar-refractivity contribution in [1.29, 1.82) is 0 Å². The van der Waals surface area contributed by atoms with Crippen LogP contribution in [0.25, 0.3) is 0 Å². The van der Waals surface area contributed by atoms with Crippen molar-refractivity contribution in [3.05, 3.63) is 94.5 Å².